The van der Waals surface area contributed by atoms with Gasteiger partial charge in [-0.3, -0.25) is 19.6 Å². The van der Waals surface area contributed by atoms with Gasteiger partial charge in [-0.2, -0.15) is 0 Å². The van der Waals surface area contributed by atoms with Crippen molar-refractivity contribution in [3.05, 3.63) is 101 Å². The van der Waals surface area contributed by atoms with E-state index >= 15 is 0 Å². The maximum atomic E-state index is 13.1. The maximum Gasteiger partial charge on any atom is 0.324 e. The van der Waals surface area contributed by atoms with Crippen LogP contribution in [-0.2, 0) is 32.7 Å². The molecule has 1 saturated heterocycles. The second-order valence-electron chi connectivity index (χ2n) is 10.9. The standard InChI is InChI=1S/C33H38N4O5S/c1-24-8-10-26(11-9-24)22-36-16-18-37(19-17-36)32(33(38)41-3)21-34-43(39,40)29-14-12-28(13-15-29)42-23-27-20-25(2)35-31-7-5-4-6-30(27)31/h4-15,20,32,34H,16-19,21-23H2,1-3H3. The average molecular weight is 603 g/mol. The fraction of sp³-hybridized carbons (Fsp3) is 0.333. The second-order valence-corrected chi connectivity index (χ2v) is 12.7. The number of nitrogens with zero attached hydrogens (tertiary/aromatic N) is 3. The molecular weight excluding hydrogens is 564 g/mol. The van der Waals surface area contributed by atoms with Crippen molar-refractivity contribution in [1.29, 1.82) is 0 Å². The van der Waals surface area contributed by atoms with Crippen LogP contribution in [0.3, 0.4) is 0 Å². The summed E-state index contributed by atoms with van der Waals surface area (Å²) in [4.78, 5) is 21.7. The first-order chi connectivity index (χ1) is 20.7. The molecule has 1 N–H and O–H groups in total. The maximum absolute atomic E-state index is 13.1. The molecule has 4 aromatic rings. The van der Waals surface area contributed by atoms with E-state index in [1.54, 1.807) is 12.1 Å². The second kappa shape index (κ2) is 13.6. The SMILES string of the molecule is COC(=O)C(CNS(=O)(=O)c1ccc(OCc2cc(C)nc3ccccc23)cc1)N1CCN(Cc2ccc(C)cc2)CC1. The third-order valence-electron chi connectivity index (χ3n) is 7.77. The number of carbonyl (C=O) groups excluding carboxylic acids is 1. The Morgan fingerprint density at radius 3 is 2.35 bits per heavy atom. The Bertz CT molecular complexity index is 1650. The van der Waals surface area contributed by atoms with Crippen LogP contribution in [0, 0.1) is 13.8 Å². The Morgan fingerprint density at radius 1 is 0.953 bits per heavy atom. The summed E-state index contributed by atoms with van der Waals surface area (Å²) in [5.74, 6) is 0.0887. The minimum Gasteiger partial charge on any atom is -0.489 e. The number of sulfonamides is 1. The molecule has 1 fully saturated rings. The summed E-state index contributed by atoms with van der Waals surface area (Å²) in [7, 11) is -2.54. The van der Waals surface area contributed by atoms with Crippen LogP contribution in [-0.4, -0.2) is 75.0 Å². The van der Waals surface area contributed by atoms with E-state index in [1.165, 1.54) is 30.4 Å². The normalized spacial score (nSPS) is 15.3. The van der Waals surface area contributed by atoms with Crippen LogP contribution >= 0.6 is 0 Å². The number of esters is 1. The van der Waals surface area contributed by atoms with Crippen molar-refractivity contribution in [2.75, 3.05) is 39.8 Å². The highest BCUT2D eigenvalue weighted by molar-refractivity contribution is 7.89. The number of hydrogen-bond donors (Lipinski definition) is 1. The number of carbonyl (C=O) groups is 1. The van der Waals surface area contributed by atoms with Gasteiger partial charge in [0, 0.05) is 55.9 Å². The zero-order valence-corrected chi connectivity index (χ0v) is 25.6. The lowest BCUT2D eigenvalue weighted by Crippen LogP contribution is -2.56. The van der Waals surface area contributed by atoms with Crippen LogP contribution in [0.15, 0.2) is 83.8 Å². The van der Waals surface area contributed by atoms with Gasteiger partial charge in [-0.15, -0.1) is 0 Å². The summed E-state index contributed by atoms with van der Waals surface area (Å²) in [6.07, 6.45) is 0. The Labute approximate surface area is 253 Å². The van der Waals surface area contributed by atoms with Crippen molar-refractivity contribution in [3.63, 3.8) is 0 Å². The summed E-state index contributed by atoms with van der Waals surface area (Å²) in [6.45, 7) is 7.89. The van der Waals surface area contributed by atoms with Gasteiger partial charge in [-0.1, -0.05) is 48.0 Å². The Kier molecular flexibility index (Phi) is 9.72. The fourth-order valence-electron chi connectivity index (χ4n) is 5.34. The van der Waals surface area contributed by atoms with Gasteiger partial charge >= 0.3 is 5.97 Å². The lowest BCUT2D eigenvalue weighted by molar-refractivity contribution is -0.147. The molecule has 0 aliphatic carbocycles. The summed E-state index contributed by atoms with van der Waals surface area (Å²) in [5.41, 5.74) is 5.29. The number of piperazine rings is 1. The van der Waals surface area contributed by atoms with Gasteiger partial charge in [-0.05, 0) is 55.8 Å². The van der Waals surface area contributed by atoms with Crippen molar-refractivity contribution < 1.29 is 22.7 Å². The van der Waals surface area contributed by atoms with E-state index in [1.807, 2.05) is 42.2 Å². The Morgan fingerprint density at radius 2 is 1.65 bits per heavy atom. The lowest BCUT2D eigenvalue weighted by atomic mass is 10.1. The number of aryl methyl sites for hydroxylation is 2. The molecule has 1 aliphatic rings. The van der Waals surface area contributed by atoms with Crippen molar-refractivity contribution in [2.24, 2.45) is 0 Å². The molecule has 10 heteroatoms. The minimum absolute atomic E-state index is 0.0836. The van der Waals surface area contributed by atoms with Gasteiger partial charge in [0.15, 0.2) is 0 Å². The quantitative estimate of drug-likeness (QED) is 0.257. The molecule has 1 aromatic heterocycles. The highest BCUT2D eigenvalue weighted by Gasteiger charge is 2.31. The number of para-hydroxylation sites is 1. The first kappa shape index (κ1) is 30.6. The van der Waals surface area contributed by atoms with E-state index in [0.717, 1.165) is 41.8 Å². The Balaban J connectivity index is 1.17. The summed E-state index contributed by atoms with van der Waals surface area (Å²) in [5, 5.41) is 1.02. The van der Waals surface area contributed by atoms with Crippen molar-refractivity contribution >= 4 is 26.9 Å². The van der Waals surface area contributed by atoms with Crippen molar-refractivity contribution in [2.45, 2.75) is 37.9 Å². The fourth-order valence-corrected chi connectivity index (χ4v) is 6.38. The molecule has 0 spiro atoms. The van der Waals surface area contributed by atoms with Gasteiger partial charge in [-0.25, -0.2) is 13.1 Å². The van der Waals surface area contributed by atoms with Crippen LogP contribution in [0.25, 0.3) is 10.9 Å². The van der Waals surface area contributed by atoms with E-state index < -0.39 is 22.0 Å². The number of methoxy groups -OCH3 is 1. The molecule has 2 heterocycles. The van der Waals surface area contributed by atoms with E-state index in [9.17, 15) is 13.2 Å². The molecule has 0 radical (unpaired) electrons. The highest BCUT2D eigenvalue weighted by Crippen LogP contribution is 2.22. The van der Waals surface area contributed by atoms with Crippen molar-refractivity contribution in [1.82, 2.24) is 19.5 Å². The average Bonchev–Trinajstić information content (AvgIpc) is 3.01. The number of hydrogen-bond acceptors (Lipinski definition) is 8. The van der Waals surface area contributed by atoms with Crippen LogP contribution in [0.1, 0.15) is 22.4 Å². The zero-order valence-electron chi connectivity index (χ0n) is 24.8. The predicted octanol–water partition coefficient (Wildman–Crippen LogP) is 4.07. The molecule has 43 heavy (non-hydrogen) atoms. The summed E-state index contributed by atoms with van der Waals surface area (Å²) >= 11 is 0. The first-order valence-electron chi connectivity index (χ1n) is 14.4. The molecule has 9 nitrogen and oxygen atoms in total. The molecule has 1 unspecified atom stereocenters. The van der Waals surface area contributed by atoms with Gasteiger partial charge in [0.1, 0.15) is 18.4 Å². The smallest absolute Gasteiger partial charge is 0.324 e. The summed E-state index contributed by atoms with van der Waals surface area (Å²) < 4.78 is 39.9. The highest BCUT2D eigenvalue weighted by atomic mass is 32.2. The largest absolute Gasteiger partial charge is 0.489 e. The molecule has 1 atom stereocenters. The van der Waals surface area contributed by atoms with Gasteiger partial charge < -0.3 is 9.47 Å². The van der Waals surface area contributed by atoms with Crippen LogP contribution < -0.4 is 9.46 Å². The number of nitrogens with one attached hydrogen (secondary N) is 1. The van der Waals surface area contributed by atoms with E-state index in [4.69, 9.17) is 9.47 Å². The molecule has 0 bridgehead atoms. The lowest BCUT2D eigenvalue weighted by Gasteiger charge is -2.38. The van der Waals surface area contributed by atoms with Crippen LogP contribution in [0.4, 0.5) is 0 Å². The topological polar surface area (TPSA) is 101 Å². The molecule has 0 saturated carbocycles. The molecule has 1 aliphatic heterocycles. The number of fused-ring (bicyclic) bond motifs is 1. The first-order valence-corrected chi connectivity index (χ1v) is 15.9. The number of pyridine rings is 1. The number of rotatable bonds is 11. The number of ether oxygens (including phenoxy) is 2. The third kappa shape index (κ3) is 7.77. The van der Waals surface area contributed by atoms with E-state index in [-0.39, 0.29) is 11.4 Å². The van der Waals surface area contributed by atoms with Gasteiger partial charge in [0.05, 0.1) is 17.5 Å². The van der Waals surface area contributed by atoms with Crippen LogP contribution in [0.2, 0.25) is 0 Å². The van der Waals surface area contributed by atoms with Crippen LogP contribution in [0.5, 0.6) is 5.75 Å². The van der Waals surface area contributed by atoms with Crippen molar-refractivity contribution in [3.8, 4) is 5.75 Å². The van der Waals surface area contributed by atoms with E-state index in [0.29, 0.717) is 25.4 Å². The number of benzene rings is 3. The van der Waals surface area contributed by atoms with Gasteiger partial charge in [0.2, 0.25) is 10.0 Å². The predicted molar refractivity (Wildman–Crippen MR) is 166 cm³/mol. The van der Waals surface area contributed by atoms with Gasteiger partial charge in [0.25, 0.3) is 0 Å². The molecule has 226 valence electrons. The zero-order chi connectivity index (χ0) is 30.4. The van der Waals surface area contributed by atoms with E-state index in [2.05, 4.69) is 45.8 Å². The minimum atomic E-state index is -3.87. The summed E-state index contributed by atoms with van der Waals surface area (Å²) in [6, 6.07) is 23.9. The molecule has 5 rings (SSSR count). The number of aromatic nitrogens is 1. The molecule has 3 aromatic carbocycles. The Hall–Kier alpha value is -3.83. The molecular formula is C33H38N4O5S. The molecule has 0 amide bonds. The third-order valence-corrected chi connectivity index (χ3v) is 9.21. The monoisotopic (exact) mass is 602 g/mol.